The predicted octanol–water partition coefficient (Wildman–Crippen LogP) is 2.81. The number of hydrogen-bond donors (Lipinski definition) is 1. The minimum Gasteiger partial charge on any atom is -0.342 e. The van der Waals surface area contributed by atoms with Crippen LogP contribution >= 0.6 is 0 Å². The minimum atomic E-state index is 0.785. The van der Waals surface area contributed by atoms with Gasteiger partial charge in [-0.25, -0.2) is 4.98 Å². The molecule has 2 aromatic rings. The lowest BCUT2D eigenvalue weighted by Gasteiger charge is -1.94. The molecule has 14 heavy (non-hydrogen) atoms. The van der Waals surface area contributed by atoms with Crippen molar-refractivity contribution in [3.8, 4) is 11.3 Å². The molecule has 0 radical (unpaired) electrons. The summed E-state index contributed by atoms with van der Waals surface area (Å²) in [5.74, 6) is 0.957. The van der Waals surface area contributed by atoms with E-state index in [0.717, 1.165) is 23.5 Å². The Bertz CT molecular complexity index is 415. The first-order chi connectivity index (χ1) is 6.90. The molecule has 1 aromatic heterocycles. The maximum absolute atomic E-state index is 4.26. The average molecular weight is 184 g/mol. The van der Waals surface area contributed by atoms with E-state index < -0.39 is 0 Å². The number of aromatic nitrogens is 2. The molecular formula is C12H12N2. The second-order valence-electron chi connectivity index (χ2n) is 3.10. The molecule has 2 nitrogen and oxygen atoms in total. The van der Waals surface area contributed by atoms with E-state index in [-0.39, 0.29) is 0 Å². The third kappa shape index (κ3) is 1.74. The number of rotatable bonds is 3. The molecule has 1 heterocycles. The van der Waals surface area contributed by atoms with Gasteiger partial charge in [0.05, 0.1) is 11.9 Å². The van der Waals surface area contributed by atoms with Crippen LogP contribution in [0.15, 0.2) is 49.2 Å². The van der Waals surface area contributed by atoms with Gasteiger partial charge in [0.1, 0.15) is 5.82 Å². The van der Waals surface area contributed by atoms with Crippen molar-refractivity contribution < 1.29 is 0 Å². The third-order valence-electron chi connectivity index (χ3n) is 2.05. The van der Waals surface area contributed by atoms with E-state index in [0.29, 0.717) is 0 Å². The van der Waals surface area contributed by atoms with Crippen LogP contribution < -0.4 is 0 Å². The highest BCUT2D eigenvalue weighted by Gasteiger charge is 2.00. The van der Waals surface area contributed by atoms with E-state index in [4.69, 9.17) is 0 Å². The van der Waals surface area contributed by atoms with E-state index in [9.17, 15) is 0 Å². The van der Waals surface area contributed by atoms with Gasteiger partial charge in [0, 0.05) is 6.42 Å². The van der Waals surface area contributed by atoms with Crippen molar-refractivity contribution in [3.63, 3.8) is 0 Å². The van der Waals surface area contributed by atoms with Crippen LogP contribution in [0, 0.1) is 0 Å². The SMILES string of the molecule is C=CCc1ncc(-c2ccccc2)[nH]1. The lowest BCUT2D eigenvalue weighted by atomic mass is 10.2. The molecule has 0 amide bonds. The van der Waals surface area contributed by atoms with E-state index in [1.807, 2.05) is 30.5 Å². The summed E-state index contributed by atoms with van der Waals surface area (Å²) in [7, 11) is 0. The van der Waals surface area contributed by atoms with Crippen molar-refractivity contribution in [1.29, 1.82) is 0 Å². The quantitative estimate of drug-likeness (QED) is 0.730. The maximum atomic E-state index is 4.26. The van der Waals surface area contributed by atoms with Crippen LogP contribution in [0.3, 0.4) is 0 Å². The van der Waals surface area contributed by atoms with Gasteiger partial charge in [-0.1, -0.05) is 36.4 Å². The fraction of sp³-hybridized carbons (Fsp3) is 0.0833. The van der Waals surface area contributed by atoms with Gasteiger partial charge in [0.2, 0.25) is 0 Å². The van der Waals surface area contributed by atoms with E-state index >= 15 is 0 Å². The third-order valence-corrected chi connectivity index (χ3v) is 2.05. The number of nitrogens with one attached hydrogen (secondary N) is 1. The summed E-state index contributed by atoms with van der Waals surface area (Å²) in [6.07, 6.45) is 4.48. The highest BCUT2D eigenvalue weighted by Crippen LogP contribution is 2.15. The van der Waals surface area contributed by atoms with Gasteiger partial charge in [0.15, 0.2) is 0 Å². The number of nitrogens with zero attached hydrogens (tertiary/aromatic N) is 1. The highest BCUT2D eigenvalue weighted by atomic mass is 14.9. The number of allylic oxidation sites excluding steroid dienone is 1. The Morgan fingerprint density at radius 2 is 2.07 bits per heavy atom. The number of benzene rings is 1. The topological polar surface area (TPSA) is 28.7 Å². The average Bonchev–Trinajstić information content (AvgIpc) is 2.68. The standard InChI is InChI=1S/C12H12N2/c1-2-6-12-13-9-11(14-12)10-7-4-3-5-8-10/h2-5,7-9H,1,6H2,(H,13,14). The van der Waals surface area contributed by atoms with Crippen molar-refractivity contribution in [3.05, 3.63) is 55.0 Å². The highest BCUT2D eigenvalue weighted by molar-refractivity contribution is 5.57. The van der Waals surface area contributed by atoms with Crippen molar-refractivity contribution >= 4 is 0 Å². The second-order valence-corrected chi connectivity index (χ2v) is 3.10. The first-order valence-corrected chi connectivity index (χ1v) is 4.60. The molecule has 0 aliphatic carbocycles. The normalized spacial score (nSPS) is 10.0. The van der Waals surface area contributed by atoms with Gasteiger partial charge >= 0.3 is 0 Å². The lowest BCUT2D eigenvalue weighted by Crippen LogP contribution is -1.83. The summed E-state index contributed by atoms with van der Waals surface area (Å²) in [5, 5.41) is 0. The molecule has 0 bridgehead atoms. The zero-order valence-electron chi connectivity index (χ0n) is 7.90. The van der Waals surface area contributed by atoms with Crippen LogP contribution in [-0.2, 0) is 6.42 Å². The number of H-pyrrole nitrogens is 1. The molecule has 0 unspecified atom stereocenters. The molecule has 0 aliphatic heterocycles. The van der Waals surface area contributed by atoms with Crippen LogP contribution in [0.2, 0.25) is 0 Å². The molecule has 2 heteroatoms. The second kappa shape index (κ2) is 3.92. The van der Waals surface area contributed by atoms with Crippen LogP contribution in [0.25, 0.3) is 11.3 Å². The van der Waals surface area contributed by atoms with Gasteiger partial charge in [-0.05, 0) is 5.56 Å². The smallest absolute Gasteiger partial charge is 0.110 e. The summed E-state index contributed by atoms with van der Waals surface area (Å²) in [4.78, 5) is 7.50. The van der Waals surface area contributed by atoms with Crippen molar-refractivity contribution in [2.45, 2.75) is 6.42 Å². The monoisotopic (exact) mass is 184 g/mol. The Morgan fingerprint density at radius 1 is 1.29 bits per heavy atom. The molecule has 0 atom stereocenters. The van der Waals surface area contributed by atoms with Crippen molar-refractivity contribution in [2.75, 3.05) is 0 Å². The van der Waals surface area contributed by atoms with Crippen LogP contribution in [0.1, 0.15) is 5.82 Å². The molecule has 2 rings (SSSR count). The Hall–Kier alpha value is -1.83. The molecule has 0 aliphatic rings. The first kappa shape index (κ1) is 8.75. The lowest BCUT2D eigenvalue weighted by molar-refractivity contribution is 1.06. The fourth-order valence-electron chi connectivity index (χ4n) is 1.37. The molecule has 70 valence electrons. The predicted molar refractivity (Wildman–Crippen MR) is 57.9 cm³/mol. The summed E-state index contributed by atoms with van der Waals surface area (Å²) in [6.45, 7) is 3.68. The molecule has 0 spiro atoms. The molecule has 1 aromatic carbocycles. The minimum absolute atomic E-state index is 0.785. The fourth-order valence-corrected chi connectivity index (χ4v) is 1.37. The van der Waals surface area contributed by atoms with Crippen LogP contribution in [-0.4, -0.2) is 9.97 Å². The Balaban J connectivity index is 2.29. The summed E-state index contributed by atoms with van der Waals surface area (Å²) in [5.41, 5.74) is 2.22. The van der Waals surface area contributed by atoms with Gasteiger partial charge in [-0.3, -0.25) is 0 Å². The molecule has 0 saturated carbocycles. The van der Waals surface area contributed by atoms with Crippen LogP contribution in [0.5, 0.6) is 0 Å². The first-order valence-electron chi connectivity index (χ1n) is 4.60. The molecule has 1 N–H and O–H groups in total. The Morgan fingerprint density at radius 3 is 2.79 bits per heavy atom. The van der Waals surface area contributed by atoms with Crippen LogP contribution in [0.4, 0.5) is 0 Å². The molecular weight excluding hydrogens is 172 g/mol. The van der Waals surface area contributed by atoms with Crippen molar-refractivity contribution in [1.82, 2.24) is 9.97 Å². The number of aromatic amines is 1. The van der Waals surface area contributed by atoms with Gasteiger partial charge < -0.3 is 4.98 Å². The van der Waals surface area contributed by atoms with Crippen molar-refractivity contribution in [2.24, 2.45) is 0 Å². The zero-order chi connectivity index (χ0) is 9.80. The van der Waals surface area contributed by atoms with E-state index in [2.05, 4.69) is 28.7 Å². The largest absolute Gasteiger partial charge is 0.342 e. The van der Waals surface area contributed by atoms with Gasteiger partial charge in [-0.15, -0.1) is 6.58 Å². The zero-order valence-corrected chi connectivity index (χ0v) is 7.90. The number of imidazole rings is 1. The number of hydrogen-bond acceptors (Lipinski definition) is 1. The van der Waals surface area contributed by atoms with E-state index in [1.165, 1.54) is 0 Å². The Labute approximate surface area is 83.3 Å². The maximum Gasteiger partial charge on any atom is 0.110 e. The summed E-state index contributed by atoms with van der Waals surface area (Å²) in [6, 6.07) is 10.2. The van der Waals surface area contributed by atoms with E-state index in [1.54, 1.807) is 0 Å². The summed E-state index contributed by atoms with van der Waals surface area (Å²) < 4.78 is 0. The molecule has 0 saturated heterocycles. The molecule has 0 fully saturated rings. The van der Waals surface area contributed by atoms with Gasteiger partial charge in [0.25, 0.3) is 0 Å². The van der Waals surface area contributed by atoms with Gasteiger partial charge in [-0.2, -0.15) is 0 Å². The summed E-state index contributed by atoms with van der Waals surface area (Å²) >= 11 is 0. The Kier molecular flexibility index (Phi) is 2.45.